The summed E-state index contributed by atoms with van der Waals surface area (Å²) in [6.07, 6.45) is 0.831. The fraction of sp³-hybridized carbons (Fsp3) is 0.364. The molecule has 0 atom stereocenters. The number of halogens is 1. The predicted molar refractivity (Wildman–Crippen MR) is 120 cm³/mol. The van der Waals surface area contributed by atoms with Crippen LogP contribution in [0.3, 0.4) is 0 Å². The Morgan fingerprint density at radius 1 is 1.03 bits per heavy atom. The number of carbonyl (C=O) groups is 2. The number of rotatable bonds is 9. The van der Waals surface area contributed by atoms with Crippen molar-refractivity contribution in [3.05, 3.63) is 47.0 Å². The van der Waals surface area contributed by atoms with Crippen molar-refractivity contribution in [2.24, 2.45) is 0 Å². The van der Waals surface area contributed by atoms with Crippen LogP contribution in [0, 0.1) is 0 Å². The molecule has 8 heteroatoms. The Bertz CT molecular complexity index is 898. The maximum absolute atomic E-state index is 12.3. The zero-order valence-corrected chi connectivity index (χ0v) is 18.6. The third kappa shape index (κ3) is 6.29. The van der Waals surface area contributed by atoms with Gasteiger partial charge in [-0.25, -0.2) is 0 Å². The monoisotopic (exact) mass is 433 g/mol. The van der Waals surface area contributed by atoms with Gasteiger partial charge in [0.1, 0.15) is 11.5 Å². The minimum Gasteiger partial charge on any atom is -0.495 e. The fourth-order valence-electron chi connectivity index (χ4n) is 2.54. The Hall–Kier alpha value is -2.93. The number of benzene rings is 2. The highest BCUT2D eigenvalue weighted by molar-refractivity contribution is 6.32. The minimum atomic E-state index is -0.277. The van der Waals surface area contributed by atoms with E-state index in [1.807, 2.05) is 20.8 Å². The second-order valence-corrected chi connectivity index (χ2v) is 7.76. The minimum absolute atomic E-state index is 0.0290. The number of amides is 2. The predicted octanol–water partition coefficient (Wildman–Crippen LogP) is 4.33. The molecular formula is C22H28ClN3O4. The Labute approximate surface area is 182 Å². The van der Waals surface area contributed by atoms with Crippen LogP contribution in [0.5, 0.6) is 11.5 Å². The maximum atomic E-state index is 12.3. The average molecular weight is 434 g/mol. The number of ether oxygens (including phenoxy) is 2. The molecule has 0 radical (unpaired) electrons. The van der Waals surface area contributed by atoms with Crippen molar-refractivity contribution >= 4 is 34.8 Å². The van der Waals surface area contributed by atoms with Crippen LogP contribution in [0.4, 0.5) is 11.4 Å². The van der Waals surface area contributed by atoms with Gasteiger partial charge in [-0.05, 0) is 50.6 Å². The van der Waals surface area contributed by atoms with Gasteiger partial charge >= 0.3 is 0 Å². The molecule has 30 heavy (non-hydrogen) atoms. The zero-order valence-electron chi connectivity index (χ0n) is 17.9. The van der Waals surface area contributed by atoms with Gasteiger partial charge in [-0.15, -0.1) is 0 Å². The van der Waals surface area contributed by atoms with Crippen molar-refractivity contribution in [1.29, 1.82) is 0 Å². The molecule has 0 aromatic heterocycles. The SMILES string of the molecule is CCC(C)(C)NC(=O)c1ccc(NCC(=O)Nc2cc(Cl)c(OC)cc2OC)cc1. The first-order valence-corrected chi connectivity index (χ1v) is 9.94. The largest absolute Gasteiger partial charge is 0.495 e. The summed E-state index contributed by atoms with van der Waals surface area (Å²) in [6, 6.07) is 10.1. The lowest BCUT2D eigenvalue weighted by Gasteiger charge is -2.24. The van der Waals surface area contributed by atoms with Gasteiger partial charge in [-0.1, -0.05) is 18.5 Å². The molecular weight excluding hydrogens is 406 g/mol. The molecule has 0 fully saturated rings. The number of carbonyl (C=O) groups excluding carboxylic acids is 2. The number of hydrogen-bond acceptors (Lipinski definition) is 5. The van der Waals surface area contributed by atoms with Crippen molar-refractivity contribution in [2.45, 2.75) is 32.7 Å². The third-order valence-corrected chi connectivity index (χ3v) is 4.98. The summed E-state index contributed by atoms with van der Waals surface area (Å²) in [5.41, 5.74) is 1.46. The van der Waals surface area contributed by atoms with E-state index in [9.17, 15) is 9.59 Å². The van der Waals surface area contributed by atoms with Crippen LogP contribution in [-0.4, -0.2) is 38.1 Å². The molecule has 2 aromatic rings. The summed E-state index contributed by atoms with van der Waals surface area (Å²) in [5, 5.41) is 9.13. The van der Waals surface area contributed by atoms with E-state index in [1.165, 1.54) is 14.2 Å². The van der Waals surface area contributed by atoms with E-state index in [2.05, 4.69) is 16.0 Å². The van der Waals surface area contributed by atoms with Gasteiger partial charge in [0.15, 0.2) is 0 Å². The molecule has 0 spiro atoms. The van der Waals surface area contributed by atoms with E-state index in [0.29, 0.717) is 27.8 Å². The summed E-state index contributed by atoms with van der Waals surface area (Å²) < 4.78 is 10.4. The number of anilines is 2. The Kier molecular flexibility index (Phi) is 7.94. The van der Waals surface area contributed by atoms with Crippen LogP contribution in [0.25, 0.3) is 0 Å². The smallest absolute Gasteiger partial charge is 0.251 e. The van der Waals surface area contributed by atoms with E-state index in [4.69, 9.17) is 21.1 Å². The molecule has 0 unspecified atom stereocenters. The molecule has 0 aliphatic rings. The Morgan fingerprint density at radius 3 is 2.23 bits per heavy atom. The molecule has 0 aliphatic carbocycles. The van der Waals surface area contributed by atoms with Gasteiger partial charge in [-0.3, -0.25) is 9.59 Å². The first-order valence-electron chi connectivity index (χ1n) is 9.57. The van der Waals surface area contributed by atoms with E-state index < -0.39 is 0 Å². The van der Waals surface area contributed by atoms with Crippen LogP contribution < -0.4 is 25.4 Å². The highest BCUT2D eigenvalue weighted by Gasteiger charge is 2.18. The van der Waals surface area contributed by atoms with Crippen molar-refractivity contribution < 1.29 is 19.1 Å². The topological polar surface area (TPSA) is 88.7 Å². The van der Waals surface area contributed by atoms with E-state index >= 15 is 0 Å². The van der Waals surface area contributed by atoms with Crippen LogP contribution in [0.1, 0.15) is 37.6 Å². The third-order valence-electron chi connectivity index (χ3n) is 4.68. The molecule has 2 aromatic carbocycles. The molecule has 0 aliphatic heterocycles. The maximum Gasteiger partial charge on any atom is 0.251 e. The summed E-state index contributed by atoms with van der Waals surface area (Å²) in [4.78, 5) is 24.6. The highest BCUT2D eigenvalue weighted by Crippen LogP contribution is 2.35. The van der Waals surface area contributed by atoms with Gasteiger partial charge in [0.05, 0.1) is 31.5 Å². The van der Waals surface area contributed by atoms with Crippen molar-refractivity contribution in [3.63, 3.8) is 0 Å². The average Bonchev–Trinajstić information content (AvgIpc) is 2.72. The van der Waals surface area contributed by atoms with Crippen molar-refractivity contribution in [2.75, 3.05) is 31.4 Å². The second-order valence-electron chi connectivity index (χ2n) is 7.36. The summed E-state index contributed by atoms with van der Waals surface area (Å²) in [5.74, 6) is 0.488. The molecule has 162 valence electrons. The normalized spacial score (nSPS) is 10.9. The number of nitrogens with one attached hydrogen (secondary N) is 3. The van der Waals surface area contributed by atoms with Crippen molar-refractivity contribution in [3.8, 4) is 11.5 Å². The Morgan fingerprint density at radius 2 is 1.67 bits per heavy atom. The molecule has 3 N–H and O–H groups in total. The number of hydrogen-bond donors (Lipinski definition) is 3. The molecule has 0 saturated heterocycles. The summed E-state index contributed by atoms with van der Waals surface area (Å²) in [7, 11) is 3.00. The lowest BCUT2D eigenvalue weighted by molar-refractivity contribution is -0.114. The standard InChI is InChI=1S/C22H28ClN3O4/c1-6-22(2,3)26-21(28)14-7-9-15(10-8-14)24-13-20(27)25-17-11-16(23)18(29-4)12-19(17)30-5/h7-12,24H,6,13H2,1-5H3,(H,25,27)(H,26,28). The van der Waals surface area contributed by atoms with E-state index in [1.54, 1.807) is 36.4 Å². The Balaban J connectivity index is 1.95. The first-order chi connectivity index (χ1) is 14.2. The number of methoxy groups -OCH3 is 2. The van der Waals surface area contributed by atoms with E-state index in [-0.39, 0.29) is 23.9 Å². The molecule has 7 nitrogen and oxygen atoms in total. The molecule has 0 saturated carbocycles. The zero-order chi connectivity index (χ0) is 22.3. The molecule has 0 bridgehead atoms. The molecule has 2 rings (SSSR count). The van der Waals surface area contributed by atoms with Crippen LogP contribution >= 0.6 is 11.6 Å². The van der Waals surface area contributed by atoms with Gasteiger partial charge in [0.2, 0.25) is 5.91 Å². The summed E-state index contributed by atoms with van der Waals surface area (Å²) >= 11 is 6.12. The van der Waals surface area contributed by atoms with Crippen molar-refractivity contribution in [1.82, 2.24) is 5.32 Å². The van der Waals surface area contributed by atoms with Gasteiger partial charge in [0.25, 0.3) is 5.91 Å². The van der Waals surface area contributed by atoms with Gasteiger partial charge < -0.3 is 25.4 Å². The molecule has 0 heterocycles. The quantitative estimate of drug-likeness (QED) is 0.547. The molecule has 2 amide bonds. The van der Waals surface area contributed by atoms with Crippen LogP contribution in [0.15, 0.2) is 36.4 Å². The van der Waals surface area contributed by atoms with Crippen LogP contribution in [-0.2, 0) is 4.79 Å². The summed E-state index contributed by atoms with van der Waals surface area (Å²) in [6.45, 7) is 6.00. The highest BCUT2D eigenvalue weighted by atomic mass is 35.5. The van der Waals surface area contributed by atoms with E-state index in [0.717, 1.165) is 12.1 Å². The van der Waals surface area contributed by atoms with Gasteiger partial charge in [0, 0.05) is 22.9 Å². The van der Waals surface area contributed by atoms with Gasteiger partial charge in [-0.2, -0.15) is 0 Å². The second kappa shape index (κ2) is 10.2. The lowest BCUT2D eigenvalue weighted by Crippen LogP contribution is -2.42. The van der Waals surface area contributed by atoms with Crippen LogP contribution in [0.2, 0.25) is 5.02 Å². The first kappa shape index (κ1) is 23.3. The fourth-order valence-corrected chi connectivity index (χ4v) is 2.78. The lowest BCUT2D eigenvalue weighted by atomic mass is 10.0.